The Hall–Kier alpha value is -2.95. The van der Waals surface area contributed by atoms with Gasteiger partial charge in [-0.3, -0.25) is 4.79 Å². The van der Waals surface area contributed by atoms with Gasteiger partial charge in [0.15, 0.2) is 0 Å². The molecule has 0 N–H and O–H groups in total. The van der Waals surface area contributed by atoms with Crippen molar-refractivity contribution in [1.29, 1.82) is 0 Å². The number of rotatable bonds is 4. The Morgan fingerprint density at radius 2 is 1.70 bits per heavy atom. The number of hydrogen-bond acceptors (Lipinski definition) is 3. The maximum absolute atomic E-state index is 12.9. The molecule has 0 radical (unpaired) electrons. The average Bonchev–Trinajstić information content (AvgIpc) is 2.96. The first-order valence-electron chi connectivity index (χ1n) is 9.52. The highest BCUT2D eigenvalue weighted by molar-refractivity contribution is 5.95. The van der Waals surface area contributed by atoms with Gasteiger partial charge in [0, 0.05) is 38.0 Å². The smallest absolute Gasteiger partial charge is 0.254 e. The summed E-state index contributed by atoms with van der Waals surface area (Å²) in [5.74, 6) is 2.11. The second-order valence-corrected chi connectivity index (χ2v) is 7.03. The zero-order valence-corrected chi connectivity index (χ0v) is 15.6. The molecule has 0 bridgehead atoms. The van der Waals surface area contributed by atoms with E-state index in [0.29, 0.717) is 13.1 Å². The van der Waals surface area contributed by atoms with Crippen molar-refractivity contribution in [3.05, 3.63) is 82.9 Å². The summed E-state index contributed by atoms with van der Waals surface area (Å²) in [6, 6.07) is 18.2. The van der Waals surface area contributed by atoms with Crippen LogP contribution in [0.5, 0.6) is 0 Å². The minimum Gasteiger partial charge on any atom is -0.336 e. The largest absolute Gasteiger partial charge is 0.336 e. The van der Waals surface area contributed by atoms with E-state index in [9.17, 15) is 4.79 Å². The van der Waals surface area contributed by atoms with E-state index in [2.05, 4.69) is 39.0 Å². The van der Waals surface area contributed by atoms with E-state index < -0.39 is 0 Å². The first-order valence-corrected chi connectivity index (χ1v) is 9.52. The van der Waals surface area contributed by atoms with Crippen LogP contribution in [0.1, 0.15) is 33.1 Å². The molecule has 2 aromatic carbocycles. The summed E-state index contributed by atoms with van der Waals surface area (Å²) in [6.45, 7) is 4.12. The van der Waals surface area contributed by atoms with Crippen molar-refractivity contribution in [3.8, 4) is 0 Å². The number of nitrogens with zero attached hydrogens (tertiary/aromatic N) is 4. The monoisotopic (exact) mass is 360 g/mol. The molecule has 0 spiro atoms. The van der Waals surface area contributed by atoms with Crippen LogP contribution in [0.3, 0.4) is 0 Å². The molecule has 138 valence electrons. The summed E-state index contributed by atoms with van der Waals surface area (Å²) in [4.78, 5) is 14.9. The molecule has 1 aliphatic heterocycles. The Kier molecular flexibility index (Phi) is 5.01. The highest BCUT2D eigenvalue weighted by Crippen LogP contribution is 2.16. The minimum absolute atomic E-state index is 0.109. The van der Waals surface area contributed by atoms with Crippen LogP contribution < -0.4 is 0 Å². The van der Waals surface area contributed by atoms with Crippen molar-refractivity contribution in [3.63, 3.8) is 0 Å². The van der Waals surface area contributed by atoms with Gasteiger partial charge >= 0.3 is 0 Å². The van der Waals surface area contributed by atoms with Crippen molar-refractivity contribution in [2.24, 2.45) is 0 Å². The van der Waals surface area contributed by atoms with Gasteiger partial charge in [0.05, 0.1) is 0 Å². The van der Waals surface area contributed by atoms with Gasteiger partial charge in [0.2, 0.25) is 0 Å². The number of hydrogen-bond donors (Lipinski definition) is 0. The second kappa shape index (κ2) is 7.74. The molecule has 4 rings (SSSR count). The summed E-state index contributed by atoms with van der Waals surface area (Å²) in [6.07, 6.45) is 2.56. The molecule has 27 heavy (non-hydrogen) atoms. The van der Waals surface area contributed by atoms with E-state index in [1.807, 2.05) is 42.2 Å². The fourth-order valence-electron chi connectivity index (χ4n) is 3.65. The molecule has 0 saturated carbocycles. The predicted octanol–water partition coefficient (Wildman–Crippen LogP) is 3.07. The summed E-state index contributed by atoms with van der Waals surface area (Å²) >= 11 is 0. The first-order chi connectivity index (χ1) is 13.2. The van der Waals surface area contributed by atoms with Crippen LogP contribution in [-0.4, -0.2) is 38.7 Å². The van der Waals surface area contributed by atoms with Crippen molar-refractivity contribution >= 4 is 5.91 Å². The molecule has 0 saturated heterocycles. The Morgan fingerprint density at radius 3 is 2.52 bits per heavy atom. The predicted molar refractivity (Wildman–Crippen MR) is 105 cm³/mol. The lowest BCUT2D eigenvalue weighted by Gasteiger charge is -2.21. The molecule has 3 aromatic rings. The Bertz CT molecular complexity index is 932. The third-order valence-corrected chi connectivity index (χ3v) is 5.25. The minimum atomic E-state index is 0.109. The number of benzene rings is 2. The maximum atomic E-state index is 12.9. The number of carbonyl (C=O) groups is 1. The molecule has 0 fully saturated rings. The standard InChI is InChI=1S/C22H24N4O/c1-17-7-5-6-10-19(17)22(27)25-14-13-21-24-23-20(26(21)16-15-25)12-11-18-8-3-2-4-9-18/h2-10H,11-16H2,1H3. The highest BCUT2D eigenvalue weighted by atomic mass is 16.2. The fraction of sp³-hybridized carbons (Fsp3) is 0.318. The van der Waals surface area contributed by atoms with Gasteiger partial charge in [-0.25, -0.2) is 0 Å². The van der Waals surface area contributed by atoms with Crippen LogP contribution in [0, 0.1) is 6.92 Å². The van der Waals surface area contributed by atoms with Crippen molar-refractivity contribution in [2.75, 3.05) is 13.1 Å². The topological polar surface area (TPSA) is 51.0 Å². The maximum Gasteiger partial charge on any atom is 0.254 e. The van der Waals surface area contributed by atoms with Crippen LogP contribution in [-0.2, 0) is 25.8 Å². The number of aromatic nitrogens is 3. The molecule has 0 aliphatic carbocycles. The Morgan fingerprint density at radius 1 is 0.926 bits per heavy atom. The summed E-state index contributed by atoms with van der Waals surface area (Å²) in [7, 11) is 0. The highest BCUT2D eigenvalue weighted by Gasteiger charge is 2.23. The second-order valence-electron chi connectivity index (χ2n) is 7.03. The lowest BCUT2D eigenvalue weighted by Crippen LogP contribution is -2.34. The van der Waals surface area contributed by atoms with Gasteiger partial charge < -0.3 is 9.47 Å². The normalized spacial score (nSPS) is 13.9. The van der Waals surface area contributed by atoms with Gasteiger partial charge in [-0.1, -0.05) is 48.5 Å². The van der Waals surface area contributed by atoms with Crippen LogP contribution >= 0.6 is 0 Å². The molecule has 0 unspecified atom stereocenters. The van der Waals surface area contributed by atoms with E-state index >= 15 is 0 Å². The summed E-state index contributed by atoms with van der Waals surface area (Å²) in [5, 5.41) is 8.79. The average molecular weight is 360 g/mol. The molecule has 5 nitrogen and oxygen atoms in total. The molecule has 1 amide bonds. The van der Waals surface area contributed by atoms with Crippen molar-refractivity contribution < 1.29 is 4.79 Å². The molecule has 2 heterocycles. The van der Waals surface area contributed by atoms with E-state index in [1.165, 1.54) is 5.56 Å². The van der Waals surface area contributed by atoms with Crippen LogP contribution in [0.25, 0.3) is 0 Å². The van der Waals surface area contributed by atoms with Crippen LogP contribution in [0.4, 0.5) is 0 Å². The number of amides is 1. The van der Waals surface area contributed by atoms with Crippen molar-refractivity contribution in [2.45, 2.75) is 32.7 Å². The summed E-state index contributed by atoms with van der Waals surface area (Å²) < 4.78 is 2.20. The first kappa shape index (κ1) is 17.5. The van der Waals surface area contributed by atoms with E-state index in [4.69, 9.17) is 0 Å². The van der Waals surface area contributed by atoms with Crippen LogP contribution in [0.15, 0.2) is 54.6 Å². The number of carbonyl (C=O) groups excluding carboxylic acids is 1. The summed E-state index contributed by atoms with van der Waals surface area (Å²) in [5.41, 5.74) is 3.12. The van der Waals surface area contributed by atoms with Gasteiger partial charge in [-0.05, 0) is 30.5 Å². The zero-order valence-electron chi connectivity index (χ0n) is 15.6. The Labute approximate surface area is 159 Å². The quantitative estimate of drug-likeness (QED) is 0.718. The number of aryl methyl sites for hydroxylation is 3. The fourth-order valence-corrected chi connectivity index (χ4v) is 3.65. The molecule has 1 aromatic heterocycles. The van der Waals surface area contributed by atoms with Crippen molar-refractivity contribution in [1.82, 2.24) is 19.7 Å². The van der Waals surface area contributed by atoms with Gasteiger partial charge in [0.1, 0.15) is 11.6 Å². The molecular weight excluding hydrogens is 336 g/mol. The van der Waals surface area contributed by atoms with Gasteiger partial charge in [-0.2, -0.15) is 0 Å². The molecule has 0 atom stereocenters. The SMILES string of the molecule is Cc1ccccc1C(=O)N1CCc2nnc(CCc3ccccc3)n2CC1. The molecule has 1 aliphatic rings. The van der Waals surface area contributed by atoms with Gasteiger partial charge in [0.25, 0.3) is 5.91 Å². The molecule has 5 heteroatoms. The van der Waals surface area contributed by atoms with E-state index in [-0.39, 0.29) is 5.91 Å². The van der Waals surface area contributed by atoms with E-state index in [1.54, 1.807) is 0 Å². The van der Waals surface area contributed by atoms with Gasteiger partial charge in [-0.15, -0.1) is 10.2 Å². The number of fused-ring (bicyclic) bond motifs is 1. The third-order valence-electron chi connectivity index (χ3n) is 5.25. The van der Waals surface area contributed by atoms with Crippen LogP contribution in [0.2, 0.25) is 0 Å². The molecular formula is C22H24N4O. The lowest BCUT2D eigenvalue weighted by atomic mass is 10.1. The third kappa shape index (κ3) is 3.77. The Balaban J connectivity index is 1.45. The lowest BCUT2D eigenvalue weighted by molar-refractivity contribution is 0.0758. The zero-order chi connectivity index (χ0) is 18.6. The van der Waals surface area contributed by atoms with E-state index in [0.717, 1.165) is 48.6 Å².